The maximum Gasteiger partial charge on any atom is 0.181 e. The Hall–Kier alpha value is -1.44. The second-order valence-corrected chi connectivity index (χ2v) is 4.59. The number of methoxy groups -OCH3 is 1. The summed E-state index contributed by atoms with van der Waals surface area (Å²) in [4.78, 5) is 2.02. The molecule has 0 fully saturated rings. The van der Waals surface area contributed by atoms with Crippen LogP contribution in [0.5, 0.6) is 0 Å². The predicted molar refractivity (Wildman–Crippen MR) is 87.1 cm³/mol. The molecule has 0 N–H and O–H groups in total. The highest BCUT2D eigenvalue weighted by Gasteiger charge is 1.98. The number of hydrogen-bond acceptors (Lipinski definition) is 2. The molecule has 110 valence electrons. The lowest BCUT2D eigenvalue weighted by atomic mass is 10.2. The molecule has 0 aromatic carbocycles. The van der Waals surface area contributed by atoms with Gasteiger partial charge in [-0.1, -0.05) is 49.3 Å². The van der Waals surface area contributed by atoms with Crippen molar-refractivity contribution in [1.82, 2.24) is 4.90 Å². The lowest BCUT2D eigenvalue weighted by Gasteiger charge is -2.19. The van der Waals surface area contributed by atoms with Gasteiger partial charge >= 0.3 is 0 Å². The monoisotopic (exact) mass is 265 g/mol. The van der Waals surface area contributed by atoms with Gasteiger partial charge < -0.3 is 9.64 Å². The van der Waals surface area contributed by atoms with Gasteiger partial charge in [-0.3, -0.25) is 0 Å². The van der Waals surface area contributed by atoms with Crippen molar-refractivity contribution in [3.63, 3.8) is 0 Å². The summed E-state index contributed by atoms with van der Waals surface area (Å²) in [7, 11) is 3.63. The van der Waals surface area contributed by atoms with E-state index in [1.807, 2.05) is 31.9 Å². The third kappa shape index (κ3) is 14.5. The van der Waals surface area contributed by atoms with Crippen LogP contribution in [0.2, 0.25) is 0 Å². The maximum atomic E-state index is 4.94. The van der Waals surface area contributed by atoms with Gasteiger partial charge in [0.25, 0.3) is 0 Å². The Morgan fingerprint density at radius 2 is 1.79 bits per heavy atom. The summed E-state index contributed by atoms with van der Waals surface area (Å²) in [6.07, 6.45) is 8.54. The van der Waals surface area contributed by atoms with Gasteiger partial charge in [0.1, 0.15) is 0 Å². The molecule has 0 aromatic rings. The highest BCUT2D eigenvalue weighted by atomic mass is 16.5. The van der Waals surface area contributed by atoms with Gasteiger partial charge in [-0.05, 0) is 33.8 Å². The minimum Gasteiger partial charge on any atom is -0.483 e. The van der Waals surface area contributed by atoms with Crippen LogP contribution < -0.4 is 0 Å². The van der Waals surface area contributed by atoms with Crippen LogP contribution in [0.1, 0.15) is 40.5 Å². The highest BCUT2D eigenvalue weighted by molar-refractivity contribution is 5.22. The van der Waals surface area contributed by atoms with E-state index in [-0.39, 0.29) is 0 Å². The molecule has 19 heavy (non-hydrogen) atoms. The Bertz CT molecular complexity index is 313. The first-order valence-corrected chi connectivity index (χ1v) is 6.79. The minimum atomic E-state index is 0.744. The third-order valence-electron chi connectivity index (χ3n) is 2.59. The van der Waals surface area contributed by atoms with Gasteiger partial charge in [0.2, 0.25) is 0 Å². The molecule has 0 heterocycles. The first kappa shape index (κ1) is 19.9. The molecule has 2 heteroatoms. The number of rotatable bonds is 7. The van der Waals surface area contributed by atoms with Crippen LogP contribution in [0.25, 0.3) is 0 Å². The van der Waals surface area contributed by atoms with Gasteiger partial charge in [0.05, 0.1) is 7.11 Å². The number of ether oxygens (including phenoxy) is 1. The number of hydrogen-bond donors (Lipinski definition) is 0. The summed E-state index contributed by atoms with van der Waals surface area (Å²) in [5.41, 5.74) is 2.37. The van der Waals surface area contributed by atoms with Crippen LogP contribution in [0.15, 0.2) is 48.4 Å². The SMILES string of the molecule is C=C(C)/C=C\C(C)=C/C.C=C(OC)N(C)CCCC. The zero-order valence-electron chi connectivity index (χ0n) is 13.6. The molecule has 0 bridgehead atoms. The molecule has 0 aromatic heterocycles. The fraction of sp³-hybridized carbons (Fsp3) is 0.529. The molecule has 0 amide bonds. The maximum absolute atomic E-state index is 4.94. The lowest BCUT2D eigenvalue weighted by molar-refractivity contribution is 0.175. The van der Waals surface area contributed by atoms with Crippen molar-refractivity contribution in [2.45, 2.75) is 40.5 Å². The molecule has 2 nitrogen and oxygen atoms in total. The number of nitrogens with zero attached hydrogens (tertiary/aromatic N) is 1. The molecule has 0 spiro atoms. The fourth-order valence-electron chi connectivity index (χ4n) is 1.05. The highest BCUT2D eigenvalue weighted by Crippen LogP contribution is 2.00. The predicted octanol–water partition coefficient (Wildman–Crippen LogP) is 4.92. The smallest absolute Gasteiger partial charge is 0.181 e. The van der Waals surface area contributed by atoms with Crippen molar-refractivity contribution in [1.29, 1.82) is 0 Å². The van der Waals surface area contributed by atoms with E-state index in [1.54, 1.807) is 7.11 Å². The third-order valence-corrected chi connectivity index (χ3v) is 2.59. The van der Waals surface area contributed by atoms with Gasteiger partial charge in [-0.15, -0.1) is 0 Å². The number of unbranched alkanes of at least 4 members (excludes halogenated alkanes) is 1. The van der Waals surface area contributed by atoms with E-state index in [2.05, 4.69) is 39.2 Å². The van der Waals surface area contributed by atoms with Gasteiger partial charge in [-0.2, -0.15) is 0 Å². The zero-order chi connectivity index (χ0) is 15.3. The van der Waals surface area contributed by atoms with E-state index in [9.17, 15) is 0 Å². The van der Waals surface area contributed by atoms with E-state index in [4.69, 9.17) is 4.74 Å². The second kappa shape index (κ2) is 13.0. The average Bonchev–Trinajstić information content (AvgIpc) is 2.41. The summed E-state index contributed by atoms with van der Waals surface area (Å²) in [5, 5.41) is 0. The molecule has 0 unspecified atom stereocenters. The number of allylic oxidation sites excluding steroid dienone is 5. The molecule has 0 radical (unpaired) electrons. The van der Waals surface area contributed by atoms with Crippen molar-refractivity contribution < 1.29 is 4.74 Å². The molecule has 0 atom stereocenters. The average molecular weight is 265 g/mol. The lowest BCUT2D eigenvalue weighted by Crippen LogP contribution is -2.19. The molecular formula is C17H31NO. The zero-order valence-corrected chi connectivity index (χ0v) is 13.6. The van der Waals surface area contributed by atoms with E-state index in [0.29, 0.717) is 0 Å². The largest absolute Gasteiger partial charge is 0.483 e. The summed E-state index contributed by atoms with van der Waals surface area (Å²) in [6, 6.07) is 0. The Labute approximate surface area is 120 Å². The molecule has 0 rings (SSSR count). The summed E-state index contributed by atoms with van der Waals surface area (Å²) >= 11 is 0. The van der Waals surface area contributed by atoms with Crippen LogP contribution in [0, 0.1) is 0 Å². The molecule has 0 aliphatic carbocycles. The van der Waals surface area contributed by atoms with Crippen LogP contribution in [-0.4, -0.2) is 25.6 Å². The Kier molecular flexibility index (Phi) is 13.6. The molecule has 0 saturated heterocycles. The Morgan fingerprint density at radius 1 is 1.21 bits per heavy atom. The fourth-order valence-corrected chi connectivity index (χ4v) is 1.05. The topological polar surface area (TPSA) is 12.5 Å². The van der Waals surface area contributed by atoms with Crippen LogP contribution in [0.4, 0.5) is 0 Å². The van der Waals surface area contributed by atoms with E-state index >= 15 is 0 Å². The van der Waals surface area contributed by atoms with Crippen molar-refractivity contribution in [3.05, 3.63) is 48.4 Å². The van der Waals surface area contributed by atoms with Crippen molar-refractivity contribution in [2.75, 3.05) is 20.7 Å². The molecule has 0 aliphatic rings. The van der Waals surface area contributed by atoms with Gasteiger partial charge in [-0.25, -0.2) is 0 Å². The van der Waals surface area contributed by atoms with E-state index in [1.165, 1.54) is 18.4 Å². The normalized spacial score (nSPS) is 10.7. The molecule has 0 saturated carbocycles. The van der Waals surface area contributed by atoms with E-state index < -0.39 is 0 Å². The van der Waals surface area contributed by atoms with E-state index in [0.717, 1.165) is 18.0 Å². The quantitative estimate of drug-likeness (QED) is 0.478. The van der Waals surface area contributed by atoms with Crippen LogP contribution >= 0.6 is 0 Å². The standard InChI is InChI=1S/C9H14.C8H17NO/c1-5-9(4)7-6-8(2)3;1-5-6-7-9(3)8(2)10-4/h5-7H,2H2,1,3-4H3;2,5-7H2,1,3-4H3/b7-6-,9-5-;. The van der Waals surface area contributed by atoms with Crippen molar-refractivity contribution in [2.24, 2.45) is 0 Å². The van der Waals surface area contributed by atoms with Gasteiger partial charge in [0.15, 0.2) is 5.88 Å². The first-order chi connectivity index (χ1) is 8.88. The molecular weight excluding hydrogens is 234 g/mol. The minimum absolute atomic E-state index is 0.744. The summed E-state index contributed by atoms with van der Waals surface area (Å²) in [6.45, 7) is 16.8. The Morgan fingerprint density at radius 3 is 2.16 bits per heavy atom. The van der Waals surface area contributed by atoms with Crippen molar-refractivity contribution in [3.8, 4) is 0 Å². The summed E-state index contributed by atoms with van der Waals surface area (Å²) in [5.74, 6) is 0.744. The van der Waals surface area contributed by atoms with Gasteiger partial charge in [0, 0.05) is 13.6 Å². The van der Waals surface area contributed by atoms with Crippen LogP contribution in [0.3, 0.4) is 0 Å². The second-order valence-electron chi connectivity index (χ2n) is 4.59. The molecule has 0 aliphatic heterocycles. The summed E-state index contributed by atoms with van der Waals surface area (Å²) < 4.78 is 4.94. The first-order valence-electron chi connectivity index (χ1n) is 6.79. The van der Waals surface area contributed by atoms with Crippen molar-refractivity contribution >= 4 is 0 Å². The van der Waals surface area contributed by atoms with Crippen LogP contribution in [-0.2, 0) is 4.74 Å². The Balaban J connectivity index is 0.